The maximum absolute atomic E-state index is 13.3. The number of oxime groups is 2. The maximum Gasteiger partial charge on any atom is 0.331 e. The largest absolute Gasteiger partial charge is 0.331 e. The van der Waals surface area contributed by atoms with Crippen molar-refractivity contribution in [1.29, 1.82) is 0 Å². The maximum atomic E-state index is 13.3. The SMILES string of the molecule is CCCCC1(CCCC)c2cc3c(cc2-c2cc4c(cc21)C(=O)/C(=N/OC(C)=O)C4)C/C(=N\OC(C)=O)C3=O. The van der Waals surface area contributed by atoms with Crippen LogP contribution in [0.1, 0.15) is 109 Å². The Balaban J connectivity index is 1.68. The average molecular weight is 529 g/mol. The lowest BCUT2D eigenvalue weighted by Gasteiger charge is -2.33. The quantitative estimate of drug-likeness (QED) is 0.323. The highest BCUT2D eigenvalue weighted by Crippen LogP contribution is 2.56. The molecule has 0 saturated heterocycles. The van der Waals surface area contributed by atoms with Gasteiger partial charge in [-0.05, 0) is 70.5 Å². The van der Waals surface area contributed by atoms with Crippen LogP contribution in [-0.4, -0.2) is 34.9 Å². The van der Waals surface area contributed by atoms with Crippen molar-refractivity contribution >= 4 is 34.9 Å². The topological polar surface area (TPSA) is 111 Å². The van der Waals surface area contributed by atoms with E-state index < -0.39 is 11.9 Å². The Morgan fingerprint density at radius 1 is 0.718 bits per heavy atom. The summed E-state index contributed by atoms with van der Waals surface area (Å²) in [5.41, 5.74) is 7.38. The first kappa shape index (κ1) is 26.7. The highest BCUT2D eigenvalue weighted by Gasteiger charge is 2.45. The molecule has 8 nitrogen and oxygen atoms in total. The van der Waals surface area contributed by atoms with E-state index in [0.29, 0.717) is 24.0 Å². The van der Waals surface area contributed by atoms with Gasteiger partial charge in [0.15, 0.2) is 0 Å². The first-order valence-electron chi connectivity index (χ1n) is 13.6. The molecule has 0 heterocycles. The smallest absolute Gasteiger partial charge is 0.318 e. The Morgan fingerprint density at radius 2 is 1.13 bits per heavy atom. The van der Waals surface area contributed by atoms with Gasteiger partial charge in [0.1, 0.15) is 11.4 Å². The second-order valence-corrected chi connectivity index (χ2v) is 10.7. The molecule has 3 aliphatic rings. The lowest BCUT2D eigenvalue weighted by atomic mass is 9.70. The van der Waals surface area contributed by atoms with Crippen LogP contribution in [0.5, 0.6) is 0 Å². The lowest BCUT2D eigenvalue weighted by Crippen LogP contribution is -2.26. The van der Waals surface area contributed by atoms with Gasteiger partial charge in [-0.15, -0.1) is 0 Å². The fraction of sp³-hybridized carbons (Fsp3) is 0.419. The third kappa shape index (κ3) is 4.51. The first-order valence-corrected chi connectivity index (χ1v) is 13.6. The average Bonchev–Trinajstić information content (AvgIpc) is 3.49. The molecule has 5 rings (SSSR count). The van der Waals surface area contributed by atoms with Crippen LogP contribution in [0.15, 0.2) is 34.6 Å². The van der Waals surface area contributed by atoms with Crippen LogP contribution in [0, 0.1) is 0 Å². The summed E-state index contributed by atoms with van der Waals surface area (Å²) < 4.78 is 0. The summed E-state index contributed by atoms with van der Waals surface area (Å²) >= 11 is 0. The van der Waals surface area contributed by atoms with E-state index in [1.165, 1.54) is 13.8 Å². The number of carbonyl (C=O) groups excluding carboxylic acids is 4. The summed E-state index contributed by atoms with van der Waals surface area (Å²) in [6.07, 6.45) is 6.41. The molecule has 0 N–H and O–H groups in total. The van der Waals surface area contributed by atoms with Gasteiger partial charge in [0, 0.05) is 43.2 Å². The van der Waals surface area contributed by atoms with Gasteiger partial charge in [0.25, 0.3) is 0 Å². The van der Waals surface area contributed by atoms with E-state index in [-0.39, 0.29) is 28.4 Å². The van der Waals surface area contributed by atoms with Crippen molar-refractivity contribution in [3.05, 3.63) is 57.6 Å². The molecule has 202 valence electrons. The van der Waals surface area contributed by atoms with Crippen LogP contribution < -0.4 is 0 Å². The number of ketones is 2. The van der Waals surface area contributed by atoms with Crippen LogP contribution >= 0.6 is 0 Å². The van der Waals surface area contributed by atoms with Crippen molar-refractivity contribution in [3.8, 4) is 11.1 Å². The zero-order chi connectivity index (χ0) is 27.9. The highest BCUT2D eigenvalue weighted by molar-refractivity contribution is 6.50. The molecule has 0 atom stereocenters. The van der Waals surface area contributed by atoms with Crippen molar-refractivity contribution in [2.24, 2.45) is 10.3 Å². The van der Waals surface area contributed by atoms with E-state index in [1.54, 1.807) is 0 Å². The predicted molar refractivity (Wildman–Crippen MR) is 146 cm³/mol. The molecular formula is C31H32N2O6. The van der Waals surface area contributed by atoms with Crippen molar-refractivity contribution in [3.63, 3.8) is 0 Å². The molecule has 0 bridgehead atoms. The van der Waals surface area contributed by atoms with E-state index in [9.17, 15) is 19.2 Å². The number of unbranched alkanes of at least 4 members (excludes halogenated alkanes) is 2. The molecule has 3 aliphatic carbocycles. The third-order valence-corrected chi connectivity index (χ3v) is 8.02. The van der Waals surface area contributed by atoms with Crippen molar-refractivity contribution in [2.45, 2.75) is 84.5 Å². The number of nitrogens with zero attached hydrogens (tertiary/aromatic N) is 2. The molecule has 0 saturated carbocycles. The van der Waals surface area contributed by atoms with E-state index in [0.717, 1.165) is 71.9 Å². The number of hydrogen-bond acceptors (Lipinski definition) is 8. The molecular weight excluding hydrogens is 496 g/mol. The fourth-order valence-corrected chi connectivity index (χ4v) is 6.23. The summed E-state index contributed by atoms with van der Waals surface area (Å²) in [5.74, 6) is -1.57. The monoisotopic (exact) mass is 528 g/mol. The number of fused-ring (bicyclic) bond motifs is 5. The molecule has 0 fully saturated rings. The third-order valence-electron chi connectivity index (χ3n) is 8.02. The number of Topliss-reactive ketones (excluding diaryl/α,β-unsaturated/α-hetero) is 2. The molecule has 0 aromatic heterocycles. The van der Waals surface area contributed by atoms with Crippen LogP contribution in [-0.2, 0) is 37.5 Å². The summed E-state index contributed by atoms with van der Waals surface area (Å²) in [6.45, 7) is 6.84. The van der Waals surface area contributed by atoms with Crippen molar-refractivity contribution in [2.75, 3.05) is 0 Å². The Morgan fingerprint density at radius 3 is 1.49 bits per heavy atom. The first-order chi connectivity index (χ1) is 18.7. The minimum absolute atomic E-state index is 0.214. The Kier molecular flexibility index (Phi) is 7.05. The zero-order valence-electron chi connectivity index (χ0n) is 22.8. The van der Waals surface area contributed by atoms with Gasteiger partial charge in [-0.25, -0.2) is 9.59 Å². The van der Waals surface area contributed by atoms with E-state index in [4.69, 9.17) is 9.68 Å². The van der Waals surface area contributed by atoms with Crippen LogP contribution in [0.25, 0.3) is 11.1 Å². The molecule has 2 aromatic carbocycles. The standard InChI is InChI=1S/C31H32N2O6/c1-5-7-9-31(10-8-6-2)25-15-21-19(13-27(29(21)36)32-38-17(3)34)11-23(25)24-12-20-14-28(33-39-18(4)35)30(37)22(20)16-26(24)31/h11-12,15-16H,5-10,13-14H2,1-4H3/b32-27+,33-28+. The van der Waals surface area contributed by atoms with Crippen molar-refractivity contribution < 1.29 is 28.9 Å². The van der Waals surface area contributed by atoms with Crippen LogP contribution in [0.2, 0.25) is 0 Å². The molecule has 8 heteroatoms. The molecule has 0 amide bonds. The summed E-state index contributed by atoms with van der Waals surface area (Å²) in [6, 6.07) is 8.20. The summed E-state index contributed by atoms with van der Waals surface area (Å²) in [4.78, 5) is 58.7. The highest BCUT2D eigenvalue weighted by atomic mass is 16.7. The normalized spacial score (nSPS) is 18.3. The van der Waals surface area contributed by atoms with E-state index in [2.05, 4.69) is 36.3 Å². The van der Waals surface area contributed by atoms with Gasteiger partial charge < -0.3 is 9.68 Å². The van der Waals surface area contributed by atoms with Gasteiger partial charge in [-0.1, -0.05) is 49.8 Å². The molecule has 2 aromatic rings. The Hall–Kier alpha value is -3.94. The number of rotatable bonds is 8. The minimum atomic E-state index is -0.569. The molecule has 39 heavy (non-hydrogen) atoms. The van der Waals surface area contributed by atoms with Gasteiger partial charge in [-0.3, -0.25) is 9.59 Å². The predicted octanol–water partition coefficient (Wildman–Crippen LogP) is 5.65. The molecule has 0 aliphatic heterocycles. The fourth-order valence-electron chi connectivity index (χ4n) is 6.23. The molecule has 0 radical (unpaired) electrons. The zero-order valence-corrected chi connectivity index (χ0v) is 22.8. The number of benzene rings is 2. The Labute approximate surface area is 227 Å². The van der Waals surface area contributed by atoms with E-state index in [1.807, 2.05) is 12.1 Å². The summed E-state index contributed by atoms with van der Waals surface area (Å²) in [5, 5.41) is 7.65. The number of hydrogen-bond donors (Lipinski definition) is 0. The minimum Gasteiger partial charge on any atom is -0.318 e. The second-order valence-electron chi connectivity index (χ2n) is 10.7. The lowest BCUT2D eigenvalue weighted by molar-refractivity contribution is -0.141. The van der Waals surface area contributed by atoms with Crippen LogP contribution in [0.4, 0.5) is 0 Å². The van der Waals surface area contributed by atoms with Gasteiger partial charge >= 0.3 is 11.9 Å². The van der Waals surface area contributed by atoms with Gasteiger partial charge in [0.2, 0.25) is 11.6 Å². The number of carbonyl (C=O) groups is 4. The summed E-state index contributed by atoms with van der Waals surface area (Å²) in [7, 11) is 0. The Bertz CT molecular complexity index is 1370. The van der Waals surface area contributed by atoms with E-state index >= 15 is 0 Å². The van der Waals surface area contributed by atoms with Gasteiger partial charge in [0.05, 0.1) is 0 Å². The van der Waals surface area contributed by atoms with Crippen molar-refractivity contribution in [1.82, 2.24) is 0 Å². The second kappa shape index (κ2) is 10.3. The van der Waals surface area contributed by atoms with Crippen LogP contribution in [0.3, 0.4) is 0 Å². The van der Waals surface area contributed by atoms with Gasteiger partial charge in [-0.2, -0.15) is 0 Å². The molecule has 0 spiro atoms. The molecule has 0 unspecified atom stereocenters.